The number of methoxy groups -OCH3 is 3. The number of nitrogens with zero attached hydrogens (tertiary/aromatic N) is 3. The first kappa shape index (κ1) is 21.9. The number of carbonyl (C=O) groups excluding carboxylic acids is 1. The molecule has 164 valence electrons. The smallest absolute Gasteiger partial charge is 0.225 e. The second-order valence-electron chi connectivity index (χ2n) is 7.26. The van der Waals surface area contributed by atoms with Gasteiger partial charge in [-0.25, -0.2) is 0 Å². The zero-order valence-corrected chi connectivity index (χ0v) is 18.1. The Kier molecular flexibility index (Phi) is 7.53. The molecule has 0 saturated carbocycles. The van der Waals surface area contributed by atoms with Gasteiger partial charge in [0.15, 0.2) is 11.5 Å². The molecule has 1 aromatic heterocycles. The van der Waals surface area contributed by atoms with Crippen molar-refractivity contribution in [3.8, 4) is 17.2 Å². The van der Waals surface area contributed by atoms with Gasteiger partial charge >= 0.3 is 0 Å². The summed E-state index contributed by atoms with van der Waals surface area (Å²) in [6.07, 6.45) is 0.416. The normalized spacial score (nSPS) is 15.1. The zero-order valence-electron chi connectivity index (χ0n) is 18.1. The number of benzene rings is 1. The number of piperazine rings is 1. The third-order valence-electron chi connectivity index (χ3n) is 5.13. The minimum absolute atomic E-state index is 0.0511. The van der Waals surface area contributed by atoms with Crippen molar-refractivity contribution in [1.29, 1.82) is 0 Å². The molecule has 30 heavy (non-hydrogen) atoms. The third kappa shape index (κ3) is 5.64. The van der Waals surface area contributed by atoms with E-state index in [0.717, 1.165) is 44.2 Å². The lowest BCUT2D eigenvalue weighted by Gasteiger charge is -2.34. The van der Waals surface area contributed by atoms with Gasteiger partial charge in [-0.2, -0.15) is 0 Å². The van der Waals surface area contributed by atoms with Crippen LogP contribution in [0.1, 0.15) is 17.9 Å². The van der Waals surface area contributed by atoms with Gasteiger partial charge in [-0.05, 0) is 6.92 Å². The first-order valence-electron chi connectivity index (χ1n) is 9.99. The highest BCUT2D eigenvalue weighted by Crippen LogP contribution is 2.39. The quantitative estimate of drug-likeness (QED) is 0.663. The van der Waals surface area contributed by atoms with Crippen molar-refractivity contribution in [3.05, 3.63) is 29.7 Å². The van der Waals surface area contributed by atoms with Crippen LogP contribution < -0.4 is 19.5 Å². The van der Waals surface area contributed by atoms with Gasteiger partial charge in [0.05, 0.1) is 27.0 Å². The van der Waals surface area contributed by atoms with Crippen molar-refractivity contribution in [2.24, 2.45) is 0 Å². The summed E-state index contributed by atoms with van der Waals surface area (Å²) >= 11 is 0. The fraction of sp³-hybridized carbons (Fsp3) is 0.524. The summed E-state index contributed by atoms with van der Waals surface area (Å²) in [5.41, 5.74) is 1.58. The molecule has 0 spiro atoms. The second-order valence-corrected chi connectivity index (χ2v) is 7.26. The van der Waals surface area contributed by atoms with Crippen molar-refractivity contribution in [2.45, 2.75) is 19.9 Å². The standard InChI is InChI=1S/C21H30N4O5/c1-15-11-17(23-30-15)14-25-9-7-24(8-10-25)6-5-20(26)22-16-12-18(27-2)21(29-4)19(13-16)28-3/h11-13H,5-10,14H2,1-4H3,(H,22,26). The van der Waals surface area contributed by atoms with Crippen LogP contribution in [0.3, 0.4) is 0 Å². The Balaban J connectivity index is 1.45. The van der Waals surface area contributed by atoms with E-state index in [1.807, 2.05) is 13.0 Å². The minimum Gasteiger partial charge on any atom is -0.493 e. The topological polar surface area (TPSA) is 89.3 Å². The molecule has 0 unspecified atom stereocenters. The minimum atomic E-state index is -0.0511. The Morgan fingerprint density at radius 2 is 1.67 bits per heavy atom. The maximum atomic E-state index is 12.4. The van der Waals surface area contributed by atoms with Crippen molar-refractivity contribution in [1.82, 2.24) is 15.0 Å². The monoisotopic (exact) mass is 418 g/mol. The molecule has 1 saturated heterocycles. The number of anilines is 1. The van der Waals surface area contributed by atoms with Gasteiger partial charge in [0.25, 0.3) is 0 Å². The molecule has 1 N–H and O–H groups in total. The van der Waals surface area contributed by atoms with E-state index in [-0.39, 0.29) is 5.91 Å². The Labute approximate surface area is 176 Å². The lowest BCUT2D eigenvalue weighted by molar-refractivity contribution is -0.116. The number of aryl methyl sites for hydroxylation is 1. The molecular weight excluding hydrogens is 388 g/mol. The molecule has 3 rings (SSSR count). The maximum absolute atomic E-state index is 12.4. The van der Waals surface area contributed by atoms with Gasteiger partial charge in [-0.3, -0.25) is 9.69 Å². The Morgan fingerprint density at radius 3 is 2.20 bits per heavy atom. The van der Waals surface area contributed by atoms with E-state index in [2.05, 4.69) is 20.3 Å². The van der Waals surface area contributed by atoms with Crippen molar-refractivity contribution in [2.75, 3.05) is 59.4 Å². The van der Waals surface area contributed by atoms with Gasteiger partial charge < -0.3 is 29.0 Å². The van der Waals surface area contributed by atoms with E-state index < -0.39 is 0 Å². The number of carbonyl (C=O) groups is 1. The van der Waals surface area contributed by atoms with E-state index in [1.54, 1.807) is 33.5 Å². The summed E-state index contributed by atoms with van der Waals surface area (Å²) < 4.78 is 21.1. The zero-order chi connectivity index (χ0) is 21.5. The summed E-state index contributed by atoms with van der Waals surface area (Å²) in [6.45, 7) is 7.15. The van der Waals surface area contributed by atoms with Gasteiger partial charge in [0.1, 0.15) is 5.76 Å². The first-order valence-corrected chi connectivity index (χ1v) is 9.99. The fourth-order valence-corrected chi connectivity index (χ4v) is 3.53. The highest BCUT2D eigenvalue weighted by molar-refractivity contribution is 5.91. The SMILES string of the molecule is COc1cc(NC(=O)CCN2CCN(Cc3cc(C)on3)CC2)cc(OC)c1OC. The molecule has 9 heteroatoms. The van der Waals surface area contributed by atoms with Crippen molar-refractivity contribution < 1.29 is 23.5 Å². The molecule has 2 heterocycles. The summed E-state index contributed by atoms with van der Waals surface area (Å²) in [4.78, 5) is 17.1. The molecule has 0 radical (unpaired) electrons. The number of hydrogen-bond donors (Lipinski definition) is 1. The summed E-state index contributed by atoms with van der Waals surface area (Å²) in [7, 11) is 4.64. The molecular formula is C21H30N4O5. The van der Waals surface area contributed by atoms with Crippen LogP contribution in [-0.2, 0) is 11.3 Å². The summed E-state index contributed by atoms with van der Waals surface area (Å²) in [5.74, 6) is 2.29. The van der Waals surface area contributed by atoms with Crippen molar-refractivity contribution >= 4 is 11.6 Å². The van der Waals surface area contributed by atoms with Gasteiger partial charge in [0.2, 0.25) is 11.7 Å². The molecule has 1 aromatic carbocycles. The Hall–Kier alpha value is -2.78. The number of nitrogens with one attached hydrogen (secondary N) is 1. The molecule has 1 aliphatic rings. The van der Waals surface area contributed by atoms with E-state index in [1.165, 1.54) is 0 Å². The predicted molar refractivity (Wildman–Crippen MR) is 112 cm³/mol. The van der Waals surface area contributed by atoms with Crippen LogP contribution >= 0.6 is 0 Å². The number of amides is 1. The molecule has 1 fully saturated rings. The van der Waals surface area contributed by atoms with Crippen LogP contribution in [0.5, 0.6) is 17.2 Å². The summed E-state index contributed by atoms with van der Waals surface area (Å²) in [5, 5.41) is 6.97. The molecule has 2 aromatic rings. The van der Waals surface area contributed by atoms with Crippen LogP contribution in [0, 0.1) is 6.92 Å². The molecule has 0 aliphatic carbocycles. The fourth-order valence-electron chi connectivity index (χ4n) is 3.53. The molecule has 1 amide bonds. The predicted octanol–water partition coefficient (Wildman–Crippen LogP) is 2.16. The largest absolute Gasteiger partial charge is 0.493 e. The van der Waals surface area contributed by atoms with E-state index in [9.17, 15) is 4.79 Å². The van der Waals surface area contributed by atoms with Crippen LogP contribution in [0.4, 0.5) is 5.69 Å². The van der Waals surface area contributed by atoms with E-state index in [0.29, 0.717) is 35.9 Å². The molecule has 0 atom stereocenters. The Morgan fingerprint density at radius 1 is 1.03 bits per heavy atom. The average molecular weight is 418 g/mol. The van der Waals surface area contributed by atoms with Crippen LogP contribution in [-0.4, -0.2) is 74.9 Å². The Bertz CT molecular complexity index is 821. The van der Waals surface area contributed by atoms with Crippen LogP contribution in [0.15, 0.2) is 22.7 Å². The van der Waals surface area contributed by atoms with Gasteiger partial charge in [-0.1, -0.05) is 5.16 Å². The van der Waals surface area contributed by atoms with Crippen molar-refractivity contribution in [3.63, 3.8) is 0 Å². The lowest BCUT2D eigenvalue weighted by atomic mass is 10.2. The number of aromatic nitrogens is 1. The molecule has 9 nitrogen and oxygen atoms in total. The molecule has 0 bridgehead atoms. The number of ether oxygens (including phenoxy) is 3. The average Bonchev–Trinajstić information content (AvgIpc) is 3.16. The first-order chi connectivity index (χ1) is 14.5. The highest BCUT2D eigenvalue weighted by atomic mass is 16.5. The van der Waals surface area contributed by atoms with E-state index in [4.69, 9.17) is 18.7 Å². The summed E-state index contributed by atoms with van der Waals surface area (Å²) in [6, 6.07) is 5.42. The number of hydrogen-bond acceptors (Lipinski definition) is 8. The third-order valence-corrected chi connectivity index (χ3v) is 5.13. The van der Waals surface area contributed by atoms with Crippen LogP contribution in [0.25, 0.3) is 0 Å². The lowest BCUT2D eigenvalue weighted by Crippen LogP contribution is -2.46. The van der Waals surface area contributed by atoms with Crippen LogP contribution in [0.2, 0.25) is 0 Å². The second kappa shape index (κ2) is 10.3. The van der Waals surface area contributed by atoms with Gasteiger partial charge in [-0.15, -0.1) is 0 Å². The van der Waals surface area contributed by atoms with Gasteiger partial charge in [0, 0.05) is 69.6 Å². The highest BCUT2D eigenvalue weighted by Gasteiger charge is 2.19. The number of rotatable bonds is 9. The molecule has 1 aliphatic heterocycles. The maximum Gasteiger partial charge on any atom is 0.225 e. The van der Waals surface area contributed by atoms with E-state index >= 15 is 0 Å².